The van der Waals surface area contributed by atoms with Gasteiger partial charge >= 0.3 is 5.95 Å². The number of carbonyl (C=O) groups excluding carboxylic acids is 1. The van der Waals surface area contributed by atoms with Crippen LogP contribution in [0, 0.1) is 5.92 Å². The summed E-state index contributed by atoms with van der Waals surface area (Å²) in [6, 6.07) is 11.0. The first-order chi connectivity index (χ1) is 15.0. The number of ether oxygens (including phenoxy) is 3. The Morgan fingerprint density at radius 2 is 1.97 bits per heavy atom. The second-order valence-corrected chi connectivity index (χ2v) is 7.61. The molecule has 1 unspecified atom stereocenters. The predicted molar refractivity (Wildman–Crippen MR) is 113 cm³/mol. The fraction of sp³-hybridized carbons (Fsp3) is 0.348. The van der Waals surface area contributed by atoms with Crippen molar-refractivity contribution in [2.45, 2.75) is 32.7 Å². The number of carbonyl (C=O) groups is 1. The zero-order valence-corrected chi connectivity index (χ0v) is 17.5. The lowest BCUT2D eigenvalue weighted by atomic mass is 10.3. The first-order valence-electron chi connectivity index (χ1n) is 10.3. The van der Waals surface area contributed by atoms with Crippen LogP contribution < -0.4 is 19.5 Å². The quantitative estimate of drug-likeness (QED) is 0.521. The summed E-state index contributed by atoms with van der Waals surface area (Å²) in [5.74, 6) is 3.26. The molecule has 1 amide bonds. The highest BCUT2D eigenvalue weighted by Gasteiger charge is 2.21. The van der Waals surface area contributed by atoms with Crippen LogP contribution in [0.2, 0.25) is 0 Å². The van der Waals surface area contributed by atoms with Crippen molar-refractivity contribution in [2.75, 3.05) is 13.2 Å². The molecule has 0 saturated heterocycles. The van der Waals surface area contributed by atoms with Gasteiger partial charge in [-0.15, -0.1) is 0 Å². The van der Waals surface area contributed by atoms with Gasteiger partial charge in [-0.2, -0.15) is 0 Å². The average molecular weight is 423 g/mol. The summed E-state index contributed by atoms with van der Waals surface area (Å²) in [4.78, 5) is 19.6. The second kappa shape index (κ2) is 9.51. The zero-order valence-electron chi connectivity index (χ0n) is 17.5. The van der Waals surface area contributed by atoms with Crippen molar-refractivity contribution in [3.05, 3.63) is 48.8 Å². The third-order valence-electron chi connectivity index (χ3n) is 4.59. The highest BCUT2D eigenvalue weighted by molar-refractivity contribution is 5.73. The molecule has 162 valence electrons. The summed E-state index contributed by atoms with van der Waals surface area (Å²) >= 11 is 0. The third kappa shape index (κ3) is 6.21. The number of oxazole rings is 1. The van der Waals surface area contributed by atoms with Gasteiger partial charge in [0.1, 0.15) is 35.7 Å². The van der Waals surface area contributed by atoms with Gasteiger partial charge in [0, 0.05) is 13.0 Å². The first kappa shape index (κ1) is 20.7. The van der Waals surface area contributed by atoms with Crippen LogP contribution in [0.1, 0.15) is 26.7 Å². The van der Waals surface area contributed by atoms with Crippen LogP contribution >= 0.6 is 0 Å². The lowest BCUT2D eigenvalue weighted by molar-refractivity contribution is -0.119. The van der Waals surface area contributed by atoms with E-state index in [4.69, 9.17) is 18.6 Å². The Hall–Kier alpha value is -3.55. The van der Waals surface area contributed by atoms with Crippen LogP contribution in [0.15, 0.2) is 53.2 Å². The molecule has 1 aliphatic rings. The molecule has 1 saturated carbocycles. The van der Waals surface area contributed by atoms with E-state index in [1.54, 1.807) is 18.3 Å². The van der Waals surface area contributed by atoms with Crippen LogP contribution in [-0.2, 0) is 4.79 Å². The Morgan fingerprint density at radius 3 is 2.71 bits per heavy atom. The number of amides is 1. The number of nitrogens with zero attached hydrogens (tertiary/aromatic N) is 2. The summed E-state index contributed by atoms with van der Waals surface area (Å²) in [5.41, 5.74) is 0.554. The highest BCUT2D eigenvalue weighted by atomic mass is 16.6. The van der Waals surface area contributed by atoms with E-state index in [1.165, 1.54) is 26.0 Å². The number of nitrogens with one attached hydrogen (secondary N) is 1. The maximum atomic E-state index is 11.0. The fourth-order valence-corrected chi connectivity index (χ4v) is 2.87. The van der Waals surface area contributed by atoms with Gasteiger partial charge in [0.25, 0.3) is 0 Å². The van der Waals surface area contributed by atoms with Crippen molar-refractivity contribution in [1.29, 1.82) is 0 Å². The number of benzene rings is 1. The van der Waals surface area contributed by atoms with Gasteiger partial charge in [0.15, 0.2) is 0 Å². The van der Waals surface area contributed by atoms with Crippen molar-refractivity contribution in [2.24, 2.45) is 5.92 Å². The molecule has 8 heteroatoms. The fourth-order valence-electron chi connectivity index (χ4n) is 2.87. The van der Waals surface area contributed by atoms with Crippen LogP contribution in [0.5, 0.6) is 23.2 Å². The Morgan fingerprint density at radius 1 is 1.13 bits per heavy atom. The molecule has 1 N–H and O–H groups in total. The molecule has 0 radical (unpaired) electrons. The summed E-state index contributed by atoms with van der Waals surface area (Å²) in [6.45, 7) is 4.33. The molecule has 1 atom stereocenters. The van der Waals surface area contributed by atoms with E-state index in [0.29, 0.717) is 29.0 Å². The van der Waals surface area contributed by atoms with E-state index in [-0.39, 0.29) is 24.5 Å². The number of hydrogen-bond acceptors (Lipinski definition) is 7. The molecule has 8 nitrogen and oxygen atoms in total. The molecule has 2 heterocycles. The molecule has 4 rings (SSSR count). The van der Waals surface area contributed by atoms with Crippen LogP contribution in [0.4, 0.5) is 0 Å². The molecule has 1 fully saturated rings. The lowest BCUT2D eigenvalue weighted by Crippen LogP contribution is -2.35. The Bertz CT molecular complexity index is 1010. The topological polar surface area (TPSA) is 95.7 Å². The molecule has 2 aromatic heterocycles. The molecular weight excluding hydrogens is 398 g/mol. The van der Waals surface area contributed by atoms with Crippen LogP contribution in [0.3, 0.4) is 0 Å². The number of hydrogen-bond donors (Lipinski definition) is 1. The Kier molecular flexibility index (Phi) is 6.35. The SMILES string of the molecule is CC(=O)NC(C)COc1cnc(-c2ccc(Oc3cccc(OCC4CC4)c3)cn2)o1. The van der Waals surface area contributed by atoms with Crippen LogP contribution in [-0.4, -0.2) is 35.1 Å². The minimum Gasteiger partial charge on any atom is -0.493 e. The van der Waals surface area contributed by atoms with E-state index in [1.807, 2.05) is 31.2 Å². The highest BCUT2D eigenvalue weighted by Crippen LogP contribution is 2.31. The van der Waals surface area contributed by atoms with Crippen molar-refractivity contribution in [3.8, 4) is 34.8 Å². The van der Waals surface area contributed by atoms with Gasteiger partial charge in [-0.3, -0.25) is 4.79 Å². The number of aromatic nitrogens is 2. The summed E-state index contributed by atoms with van der Waals surface area (Å²) in [5, 5.41) is 2.74. The molecule has 0 spiro atoms. The first-order valence-corrected chi connectivity index (χ1v) is 10.3. The van der Waals surface area contributed by atoms with Gasteiger partial charge < -0.3 is 23.9 Å². The minimum atomic E-state index is -0.141. The molecule has 0 aliphatic heterocycles. The van der Waals surface area contributed by atoms with Gasteiger partial charge in [-0.05, 0) is 49.9 Å². The van der Waals surface area contributed by atoms with Gasteiger partial charge in [-0.25, -0.2) is 9.97 Å². The van der Waals surface area contributed by atoms with E-state index in [0.717, 1.165) is 12.4 Å². The van der Waals surface area contributed by atoms with Crippen molar-refractivity contribution in [1.82, 2.24) is 15.3 Å². The van der Waals surface area contributed by atoms with Gasteiger partial charge in [0.05, 0.1) is 18.8 Å². The normalized spacial score (nSPS) is 14.0. The molecule has 0 bridgehead atoms. The monoisotopic (exact) mass is 423 g/mol. The zero-order chi connectivity index (χ0) is 21.6. The standard InChI is InChI=1S/C23H25N3O5/c1-15(26-16(2)27)13-29-22-12-25-23(31-22)21-9-8-20(11-24-21)30-19-5-3-4-18(10-19)28-14-17-6-7-17/h3-5,8-12,15,17H,6-7,13-14H2,1-2H3,(H,26,27). The van der Waals surface area contributed by atoms with Crippen LogP contribution in [0.25, 0.3) is 11.6 Å². The maximum absolute atomic E-state index is 11.0. The van der Waals surface area contributed by atoms with E-state index < -0.39 is 0 Å². The van der Waals surface area contributed by atoms with E-state index in [9.17, 15) is 4.79 Å². The third-order valence-corrected chi connectivity index (χ3v) is 4.59. The molecule has 3 aromatic rings. The van der Waals surface area contributed by atoms with Crippen molar-refractivity contribution in [3.63, 3.8) is 0 Å². The molecule has 1 aliphatic carbocycles. The second-order valence-electron chi connectivity index (χ2n) is 7.61. The lowest BCUT2D eigenvalue weighted by Gasteiger charge is -2.11. The van der Waals surface area contributed by atoms with E-state index >= 15 is 0 Å². The number of rotatable bonds is 10. The maximum Gasteiger partial charge on any atom is 0.305 e. The Labute approximate surface area is 180 Å². The number of pyridine rings is 1. The van der Waals surface area contributed by atoms with Gasteiger partial charge in [-0.1, -0.05) is 6.07 Å². The minimum absolute atomic E-state index is 0.113. The van der Waals surface area contributed by atoms with Crippen molar-refractivity contribution >= 4 is 5.91 Å². The summed E-state index contributed by atoms with van der Waals surface area (Å²) in [7, 11) is 0. The predicted octanol–water partition coefficient (Wildman–Crippen LogP) is 4.22. The summed E-state index contributed by atoms with van der Waals surface area (Å²) < 4.78 is 22.8. The largest absolute Gasteiger partial charge is 0.493 e. The Balaban J connectivity index is 1.32. The molecule has 1 aromatic carbocycles. The smallest absolute Gasteiger partial charge is 0.305 e. The van der Waals surface area contributed by atoms with E-state index in [2.05, 4.69) is 15.3 Å². The summed E-state index contributed by atoms with van der Waals surface area (Å²) in [6.07, 6.45) is 5.59. The molecule has 31 heavy (non-hydrogen) atoms. The molecular formula is C23H25N3O5. The average Bonchev–Trinajstić information content (AvgIpc) is 3.47. The van der Waals surface area contributed by atoms with Gasteiger partial charge in [0.2, 0.25) is 11.8 Å². The van der Waals surface area contributed by atoms with Crippen molar-refractivity contribution < 1.29 is 23.4 Å².